The number of hydrogen-bond acceptors (Lipinski definition) is 5. The summed E-state index contributed by atoms with van der Waals surface area (Å²) in [6.07, 6.45) is 6.85. The van der Waals surface area contributed by atoms with Gasteiger partial charge < -0.3 is 10.1 Å². The lowest BCUT2D eigenvalue weighted by molar-refractivity contribution is -0.143. The number of carbonyl (C=O) groups excluding carboxylic acids is 3. The first kappa shape index (κ1) is 21.3. The number of aryl methyl sites for hydroxylation is 1. The Bertz CT molecular complexity index is 944. The van der Waals surface area contributed by atoms with E-state index in [1.54, 1.807) is 10.8 Å². The predicted molar refractivity (Wildman–Crippen MR) is 112 cm³/mol. The minimum atomic E-state index is -0.674. The molecule has 0 atom stereocenters. The molecular formula is C22H26N4O4. The van der Waals surface area contributed by atoms with Gasteiger partial charge in [0, 0.05) is 23.4 Å². The zero-order chi connectivity index (χ0) is 21.5. The molecule has 0 aliphatic heterocycles. The minimum Gasteiger partial charge on any atom is -0.452 e. The van der Waals surface area contributed by atoms with Gasteiger partial charge in [-0.25, -0.2) is 14.3 Å². The molecular weight excluding hydrogens is 384 g/mol. The van der Waals surface area contributed by atoms with Crippen LogP contribution >= 0.6 is 0 Å². The van der Waals surface area contributed by atoms with Gasteiger partial charge in [-0.1, -0.05) is 31.0 Å². The van der Waals surface area contributed by atoms with E-state index >= 15 is 0 Å². The van der Waals surface area contributed by atoms with E-state index < -0.39 is 24.5 Å². The lowest BCUT2D eigenvalue weighted by Gasteiger charge is -2.12. The number of imide groups is 1. The van der Waals surface area contributed by atoms with Gasteiger partial charge in [0.05, 0.1) is 11.4 Å². The first-order valence-corrected chi connectivity index (χ1v) is 10.0. The summed E-state index contributed by atoms with van der Waals surface area (Å²) in [5, 5.41) is 9.42. The summed E-state index contributed by atoms with van der Waals surface area (Å²) < 4.78 is 6.72. The highest BCUT2D eigenvalue weighted by atomic mass is 16.5. The fraction of sp³-hybridized carbons (Fsp3) is 0.364. The van der Waals surface area contributed by atoms with Gasteiger partial charge in [0.15, 0.2) is 6.61 Å². The summed E-state index contributed by atoms with van der Waals surface area (Å²) >= 11 is 0. The van der Waals surface area contributed by atoms with Crippen molar-refractivity contribution in [2.75, 3.05) is 6.61 Å². The molecule has 1 fully saturated rings. The van der Waals surface area contributed by atoms with Gasteiger partial charge in [0.2, 0.25) is 0 Å². The highest BCUT2D eigenvalue weighted by molar-refractivity contribution is 5.96. The Balaban J connectivity index is 1.50. The summed E-state index contributed by atoms with van der Waals surface area (Å²) in [6.45, 7) is 3.24. The van der Waals surface area contributed by atoms with Crippen LogP contribution in [0.15, 0.2) is 36.4 Å². The molecule has 0 spiro atoms. The molecule has 1 saturated carbocycles. The number of carbonyl (C=O) groups is 3. The van der Waals surface area contributed by atoms with Gasteiger partial charge in [-0.2, -0.15) is 5.10 Å². The van der Waals surface area contributed by atoms with Crippen molar-refractivity contribution in [1.82, 2.24) is 20.4 Å². The Kier molecular flexibility index (Phi) is 7.00. The van der Waals surface area contributed by atoms with Gasteiger partial charge in [0.1, 0.15) is 0 Å². The van der Waals surface area contributed by atoms with Gasteiger partial charge in [-0.15, -0.1) is 0 Å². The normalized spacial score (nSPS) is 14.1. The van der Waals surface area contributed by atoms with Crippen LogP contribution < -0.4 is 10.6 Å². The standard InChI is InChI=1S/C22H26N4O4/c1-15-19(16(2)26(25-15)18-10-4-3-5-11-18)12-13-21(28)30-14-20(27)24-22(29)23-17-8-6-7-9-17/h3-5,10-13,17H,6-9,14H2,1-2H3,(H2,23,24,27,29). The second kappa shape index (κ2) is 9.87. The number of esters is 1. The fourth-order valence-electron chi connectivity index (χ4n) is 3.51. The third-order valence-corrected chi connectivity index (χ3v) is 5.02. The molecule has 30 heavy (non-hydrogen) atoms. The van der Waals surface area contributed by atoms with Crippen LogP contribution in [0.2, 0.25) is 0 Å². The number of urea groups is 1. The topological polar surface area (TPSA) is 102 Å². The molecule has 0 unspecified atom stereocenters. The molecule has 158 valence electrons. The van der Waals surface area contributed by atoms with E-state index in [4.69, 9.17) is 4.74 Å². The Morgan fingerprint density at radius 1 is 1.17 bits per heavy atom. The van der Waals surface area contributed by atoms with Gasteiger partial charge in [-0.05, 0) is 44.9 Å². The van der Waals surface area contributed by atoms with Crippen LogP contribution in [0.25, 0.3) is 11.8 Å². The van der Waals surface area contributed by atoms with Crippen molar-refractivity contribution in [3.63, 3.8) is 0 Å². The molecule has 2 aromatic rings. The number of hydrogen-bond donors (Lipinski definition) is 2. The fourth-order valence-corrected chi connectivity index (χ4v) is 3.51. The van der Waals surface area contributed by atoms with E-state index in [-0.39, 0.29) is 6.04 Å². The van der Waals surface area contributed by atoms with Gasteiger partial charge in [-0.3, -0.25) is 10.1 Å². The number of amides is 3. The van der Waals surface area contributed by atoms with Crippen molar-refractivity contribution < 1.29 is 19.1 Å². The number of nitrogens with one attached hydrogen (secondary N) is 2. The van der Waals surface area contributed by atoms with E-state index in [9.17, 15) is 14.4 Å². The molecule has 1 aliphatic carbocycles. The van der Waals surface area contributed by atoms with E-state index in [0.717, 1.165) is 48.3 Å². The lowest BCUT2D eigenvalue weighted by atomic mass is 10.2. The molecule has 1 aromatic carbocycles. The van der Waals surface area contributed by atoms with Crippen molar-refractivity contribution in [3.05, 3.63) is 53.4 Å². The van der Waals surface area contributed by atoms with E-state index in [1.165, 1.54) is 6.08 Å². The van der Waals surface area contributed by atoms with Crippen molar-refractivity contribution >= 4 is 24.0 Å². The molecule has 3 rings (SSSR count). The molecule has 1 heterocycles. The van der Waals surface area contributed by atoms with Crippen molar-refractivity contribution in [3.8, 4) is 5.69 Å². The third kappa shape index (κ3) is 5.56. The summed E-state index contributed by atoms with van der Waals surface area (Å²) in [7, 11) is 0. The van der Waals surface area contributed by atoms with Crippen LogP contribution in [-0.2, 0) is 14.3 Å². The van der Waals surface area contributed by atoms with E-state index in [0.29, 0.717) is 0 Å². The molecule has 3 amide bonds. The third-order valence-electron chi connectivity index (χ3n) is 5.02. The average Bonchev–Trinajstić information content (AvgIpc) is 3.33. The van der Waals surface area contributed by atoms with E-state index in [2.05, 4.69) is 15.7 Å². The molecule has 0 bridgehead atoms. The van der Waals surface area contributed by atoms with Crippen molar-refractivity contribution in [1.29, 1.82) is 0 Å². The van der Waals surface area contributed by atoms with Gasteiger partial charge in [0.25, 0.3) is 5.91 Å². The molecule has 1 aromatic heterocycles. The Hall–Kier alpha value is -3.42. The molecule has 2 N–H and O–H groups in total. The predicted octanol–water partition coefficient (Wildman–Crippen LogP) is 2.81. The Morgan fingerprint density at radius 3 is 2.57 bits per heavy atom. The van der Waals surface area contributed by atoms with Crippen LogP contribution in [0.3, 0.4) is 0 Å². The number of rotatable bonds is 6. The van der Waals surface area contributed by atoms with Gasteiger partial charge >= 0.3 is 12.0 Å². The summed E-state index contributed by atoms with van der Waals surface area (Å²) in [4.78, 5) is 35.5. The summed E-state index contributed by atoms with van der Waals surface area (Å²) in [6, 6.07) is 9.23. The quantitative estimate of drug-likeness (QED) is 0.563. The Morgan fingerprint density at radius 2 is 1.87 bits per heavy atom. The average molecular weight is 410 g/mol. The molecule has 0 radical (unpaired) electrons. The zero-order valence-corrected chi connectivity index (χ0v) is 17.2. The second-order valence-electron chi connectivity index (χ2n) is 7.28. The summed E-state index contributed by atoms with van der Waals surface area (Å²) in [5.74, 6) is -1.34. The van der Waals surface area contributed by atoms with Crippen molar-refractivity contribution in [2.24, 2.45) is 0 Å². The van der Waals surface area contributed by atoms with E-state index in [1.807, 2.05) is 44.2 Å². The number of aromatic nitrogens is 2. The van der Waals surface area contributed by atoms with Crippen LogP contribution in [0, 0.1) is 13.8 Å². The second-order valence-corrected chi connectivity index (χ2v) is 7.28. The smallest absolute Gasteiger partial charge is 0.331 e. The van der Waals surface area contributed by atoms with Crippen LogP contribution in [-0.4, -0.2) is 40.3 Å². The molecule has 1 aliphatic rings. The number of para-hydroxylation sites is 1. The van der Waals surface area contributed by atoms with Crippen molar-refractivity contribution in [2.45, 2.75) is 45.6 Å². The molecule has 8 heteroatoms. The van der Waals surface area contributed by atoms with Crippen LogP contribution in [0.5, 0.6) is 0 Å². The van der Waals surface area contributed by atoms with Crippen LogP contribution in [0.4, 0.5) is 4.79 Å². The maximum Gasteiger partial charge on any atom is 0.331 e. The minimum absolute atomic E-state index is 0.103. The number of benzene rings is 1. The first-order chi connectivity index (χ1) is 14.4. The maximum atomic E-state index is 12.0. The Labute approximate surface area is 175 Å². The largest absolute Gasteiger partial charge is 0.452 e. The maximum absolute atomic E-state index is 12.0. The highest BCUT2D eigenvalue weighted by Gasteiger charge is 2.18. The first-order valence-electron chi connectivity index (χ1n) is 10.0. The number of ether oxygens (including phenoxy) is 1. The summed E-state index contributed by atoms with van der Waals surface area (Å²) in [5.41, 5.74) is 3.37. The SMILES string of the molecule is Cc1nn(-c2ccccc2)c(C)c1C=CC(=O)OCC(=O)NC(=O)NC1CCCC1. The van der Waals surface area contributed by atoms with Crippen LogP contribution in [0.1, 0.15) is 42.6 Å². The highest BCUT2D eigenvalue weighted by Crippen LogP contribution is 2.19. The molecule has 0 saturated heterocycles. The lowest BCUT2D eigenvalue weighted by Crippen LogP contribution is -2.44. The molecule has 8 nitrogen and oxygen atoms in total. The monoisotopic (exact) mass is 410 g/mol. The zero-order valence-electron chi connectivity index (χ0n) is 17.2. The number of nitrogens with zero attached hydrogens (tertiary/aromatic N) is 2.